The van der Waals surface area contributed by atoms with Gasteiger partial charge in [0, 0.05) is 12.7 Å². The third-order valence-corrected chi connectivity index (χ3v) is 4.61. The molecule has 21 heavy (non-hydrogen) atoms. The smallest absolute Gasteiger partial charge is 0.125 e. The van der Waals surface area contributed by atoms with Crippen molar-refractivity contribution in [3.05, 3.63) is 23.9 Å². The highest BCUT2D eigenvalue weighted by Crippen LogP contribution is 2.35. The lowest BCUT2D eigenvalue weighted by Gasteiger charge is -2.37. The van der Waals surface area contributed by atoms with E-state index in [1.54, 1.807) is 0 Å². The van der Waals surface area contributed by atoms with Crippen LogP contribution in [0.15, 0.2) is 18.3 Å². The summed E-state index contributed by atoms with van der Waals surface area (Å²) < 4.78 is 6.25. The summed E-state index contributed by atoms with van der Waals surface area (Å²) in [6, 6.07) is 4.15. The zero-order valence-corrected chi connectivity index (χ0v) is 13.9. The summed E-state index contributed by atoms with van der Waals surface area (Å²) in [5.74, 6) is 3.14. The molecule has 0 bridgehead atoms. The van der Waals surface area contributed by atoms with Gasteiger partial charge >= 0.3 is 0 Å². The first kappa shape index (κ1) is 16.3. The Hall–Kier alpha value is -1.09. The first-order chi connectivity index (χ1) is 10.1. The number of ether oxygens (including phenoxy) is 1. The maximum atomic E-state index is 6.25. The van der Waals surface area contributed by atoms with Crippen molar-refractivity contribution < 1.29 is 4.74 Å². The molecule has 1 saturated carbocycles. The molecule has 2 rings (SSSR count). The standard InChI is InChI=1S/C18H30N2O/c1-5-19-18-9-7-15(11-20-18)12-21-17-10-14(4)6-8-16(17)13(2)3/h7,9,11,13-14,16-17H,5-6,8,10,12H2,1-4H3,(H,19,20). The van der Waals surface area contributed by atoms with Gasteiger partial charge in [0.2, 0.25) is 0 Å². The van der Waals surface area contributed by atoms with E-state index in [1.807, 2.05) is 12.3 Å². The molecule has 1 aromatic rings. The van der Waals surface area contributed by atoms with Crippen molar-refractivity contribution in [3.63, 3.8) is 0 Å². The van der Waals surface area contributed by atoms with Gasteiger partial charge in [-0.3, -0.25) is 0 Å². The predicted octanol–water partition coefficient (Wildman–Crippen LogP) is 4.49. The zero-order valence-electron chi connectivity index (χ0n) is 13.9. The average Bonchev–Trinajstić information content (AvgIpc) is 2.46. The summed E-state index contributed by atoms with van der Waals surface area (Å²) in [5.41, 5.74) is 1.16. The van der Waals surface area contributed by atoms with E-state index < -0.39 is 0 Å². The maximum Gasteiger partial charge on any atom is 0.125 e. The second kappa shape index (κ2) is 7.79. The highest BCUT2D eigenvalue weighted by Gasteiger charge is 2.31. The van der Waals surface area contributed by atoms with Crippen molar-refractivity contribution in [1.82, 2.24) is 4.98 Å². The Labute approximate surface area is 129 Å². The number of hydrogen-bond donors (Lipinski definition) is 1. The molecule has 3 atom stereocenters. The van der Waals surface area contributed by atoms with Crippen LogP contribution >= 0.6 is 0 Å². The number of nitrogens with one attached hydrogen (secondary N) is 1. The van der Waals surface area contributed by atoms with Crippen LogP contribution in [0.5, 0.6) is 0 Å². The molecule has 1 heterocycles. The van der Waals surface area contributed by atoms with E-state index in [9.17, 15) is 0 Å². The molecule has 0 radical (unpaired) electrons. The third kappa shape index (κ3) is 4.70. The Morgan fingerprint density at radius 2 is 2.14 bits per heavy atom. The Morgan fingerprint density at radius 3 is 2.76 bits per heavy atom. The van der Waals surface area contributed by atoms with Gasteiger partial charge in [0.25, 0.3) is 0 Å². The number of pyridine rings is 1. The summed E-state index contributed by atoms with van der Waals surface area (Å²) in [4.78, 5) is 4.41. The van der Waals surface area contributed by atoms with Crippen molar-refractivity contribution in [2.24, 2.45) is 17.8 Å². The molecule has 3 unspecified atom stereocenters. The van der Waals surface area contributed by atoms with Gasteiger partial charge < -0.3 is 10.1 Å². The van der Waals surface area contributed by atoms with Crippen LogP contribution in [0.25, 0.3) is 0 Å². The van der Waals surface area contributed by atoms with Crippen LogP contribution in [0, 0.1) is 17.8 Å². The molecule has 3 heteroatoms. The van der Waals surface area contributed by atoms with Crippen molar-refractivity contribution in [1.29, 1.82) is 0 Å². The highest BCUT2D eigenvalue weighted by molar-refractivity contribution is 5.34. The molecule has 3 nitrogen and oxygen atoms in total. The molecule has 0 saturated heterocycles. The third-order valence-electron chi connectivity index (χ3n) is 4.61. The molecule has 1 aromatic heterocycles. The van der Waals surface area contributed by atoms with Gasteiger partial charge in [0.05, 0.1) is 12.7 Å². The molecule has 0 aromatic carbocycles. The molecular weight excluding hydrogens is 260 g/mol. The Bertz CT molecular complexity index is 416. The van der Waals surface area contributed by atoms with E-state index >= 15 is 0 Å². The van der Waals surface area contributed by atoms with Crippen LogP contribution in [-0.4, -0.2) is 17.6 Å². The molecule has 0 amide bonds. The summed E-state index contributed by atoms with van der Waals surface area (Å²) in [7, 11) is 0. The minimum Gasteiger partial charge on any atom is -0.373 e. The molecule has 0 spiro atoms. The Kier molecular flexibility index (Phi) is 6.04. The van der Waals surface area contributed by atoms with Gasteiger partial charge in [0.1, 0.15) is 5.82 Å². The summed E-state index contributed by atoms with van der Waals surface area (Å²) in [5, 5.41) is 3.22. The van der Waals surface area contributed by atoms with E-state index in [0.717, 1.165) is 23.8 Å². The summed E-state index contributed by atoms with van der Waals surface area (Å²) in [6.45, 7) is 10.7. The van der Waals surface area contributed by atoms with E-state index in [4.69, 9.17) is 4.74 Å². The number of rotatable bonds is 6. The fourth-order valence-electron chi connectivity index (χ4n) is 3.31. The maximum absolute atomic E-state index is 6.25. The van der Waals surface area contributed by atoms with Gasteiger partial charge in [-0.1, -0.05) is 33.3 Å². The number of nitrogens with zero attached hydrogens (tertiary/aromatic N) is 1. The van der Waals surface area contributed by atoms with Gasteiger partial charge in [-0.2, -0.15) is 0 Å². The minimum atomic E-state index is 0.405. The fourth-order valence-corrected chi connectivity index (χ4v) is 3.31. The SMILES string of the molecule is CCNc1ccc(COC2CC(C)CCC2C(C)C)cn1. The summed E-state index contributed by atoms with van der Waals surface area (Å²) >= 11 is 0. The minimum absolute atomic E-state index is 0.405. The second-order valence-electron chi connectivity index (χ2n) is 6.76. The highest BCUT2D eigenvalue weighted by atomic mass is 16.5. The van der Waals surface area contributed by atoms with Gasteiger partial charge in [0.15, 0.2) is 0 Å². The Morgan fingerprint density at radius 1 is 1.33 bits per heavy atom. The van der Waals surface area contributed by atoms with Crippen LogP contribution in [0.2, 0.25) is 0 Å². The fraction of sp³-hybridized carbons (Fsp3) is 0.722. The van der Waals surface area contributed by atoms with Gasteiger partial charge in [-0.25, -0.2) is 4.98 Å². The van der Waals surface area contributed by atoms with Crippen LogP contribution in [0.1, 0.15) is 52.5 Å². The van der Waals surface area contributed by atoms with Crippen molar-refractivity contribution >= 4 is 5.82 Å². The first-order valence-electron chi connectivity index (χ1n) is 8.40. The lowest BCUT2D eigenvalue weighted by molar-refractivity contribution is -0.0473. The topological polar surface area (TPSA) is 34.1 Å². The van der Waals surface area contributed by atoms with E-state index in [2.05, 4.69) is 44.1 Å². The van der Waals surface area contributed by atoms with Crippen LogP contribution in [-0.2, 0) is 11.3 Å². The van der Waals surface area contributed by atoms with E-state index in [0.29, 0.717) is 24.5 Å². The Balaban J connectivity index is 1.90. The van der Waals surface area contributed by atoms with E-state index in [-0.39, 0.29) is 0 Å². The first-order valence-corrected chi connectivity index (χ1v) is 8.40. The van der Waals surface area contributed by atoms with Crippen molar-refractivity contribution in [2.75, 3.05) is 11.9 Å². The summed E-state index contributed by atoms with van der Waals surface area (Å²) in [6.07, 6.45) is 6.19. The van der Waals surface area contributed by atoms with Crippen LogP contribution < -0.4 is 5.32 Å². The number of aromatic nitrogens is 1. The van der Waals surface area contributed by atoms with Gasteiger partial charge in [-0.05, 0) is 49.1 Å². The lowest BCUT2D eigenvalue weighted by atomic mass is 9.75. The molecule has 118 valence electrons. The predicted molar refractivity (Wildman–Crippen MR) is 88.3 cm³/mol. The normalized spacial score (nSPS) is 26.0. The van der Waals surface area contributed by atoms with E-state index in [1.165, 1.54) is 19.3 Å². The van der Waals surface area contributed by atoms with Crippen molar-refractivity contribution in [3.8, 4) is 0 Å². The molecule has 1 aliphatic carbocycles. The average molecular weight is 290 g/mol. The van der Waals surface area contributed by atoms with Crippen LogP contribution in [0.4, 0.5) is 5.82 Å². The largest absolute Gasteiger partial charge is 0.373 e. The number of hydrogen-bond acceptors (Lipinski definition) is 3. The molecular formula is C18H30N2O. The molecule has 1 N–H and O–H groups in total. The molecule has 0 aliphatic heterocycles. The lowest BCUT2D eigenvalue weighted by Crippen LogP contribution is -2.34. The van der Waals surface area contributed by atoms with Crippen molar-refractivity contribution in [2.45, 2.75) is 59.7 Å². The monoisotopic (exact) mass is 290 g/mol. The van der Waals surface area contributed by atoms with Gasteiger partial charge in [-0.15, -0.1) is 0 Å². The quantitative estimate of drug-likeness (QED) is 0.838. The molecule has 1 aliphatic rings. The zero-order chi connectivity index (χ0) is 15.2. The van der Waals surface area contributed by atoms with Crippen LogP contribution in [0.3, 0.4) is 0 Å². The molecule has 1 fully saturated rings. The second-order valence-corrected chi connectivity index (χ2v) is 6.76. The number of anilines is 1.